The molecule has 8 rings (SSSR count). The molecule has 40 atom stereocenters. The molecule has 3 amide bonds. The molecule has 0 spiro atoms. The number of hydrogen-bond donors (Lipinski definition) is 26. The number of nitrogens with one attached hydrogen (secondary N) is 3. The molecular weight excluding hydrogens is 1350 g/mol. The summed E-state index contributed by atoms with van der Waals surface area (Å²) in [7, 11) is 0. The summed E-state index contributed by atoms with van der Waals surface area (Å²) in [5.74, 6) is -2.62. The van der Waals surface area contributed by atoms with Gasteiger partial charge in [0.25, 0.3) is 0 Å². The molecular formula is C54H91N3O41. The van der Waals surface area contributed by atoms with E-state index in [0.717, 1.165) is 20.8 Å². The minimum absolute atomic E-state index is 0.774. The lowest BCUT2D eigenvalue weighted by Crippen LogP contribution is -2.71. The van der Waals surface area contributed by atoms with Crippen LogP contribution in [0.3, 0.4) is 0 Å². The molecule has 44 heteroatoms. The Morgan fingerprint density at radius 3 is 1.03 bits per heavy atom. The number of aliphatic hydroxyl groups excluding tert-OH is 23. The van der Waals surface area contributed by atoms with Gasteiger partial charge in [-0.3, -0.25) is 14.4 Å². The second-order valence-electron chi connectivity index (χ2n) is 24.7. The van der Waals surface area contributed by atoms with E-state index in [-0.39, 0.29) is 0 Å². The van der Waals surface area contributed by atoms with Gasteiger partial charge in [-0.05, 0) is 0 Å². The van der Waals surface area contributed by atoms with Crippen LogP contribution < -0.4 is 16.0 Å². The predicted molar refractivity (Wildman–Crippen MR) is 299 cm³/mol. The Kier molecular flexibility index (Phi) is 28.9. The Bertz CT molecular complexity index is 2510. The standard InChI is InChI=1S/C54H91N3O41/c1-12(64)55-23-32(73)42(19(8-62)86-47(23)83)94-49-25(57-14(3)66)33(74)43(20(9-63)91-49)95-54-41(82)46(98-53-39(80)36(77)29(70)18(7-61)90-53)44(96-48-24(56-13(2)65)31(72)26(67)15(4-58)87-48)22(93-54)11-85-51-40(81)45(97-52-38(79)35(76)28(69)17(6-60)89-52)30(71)21(92-51)10-84-50-37(78)34(75)27(68)16(5-59)88-50/h15-54,58-63,67-83H,4-11H2,1-3H3,(H,55,64)(H,56,65)(H,57,66)/t15-,16-,17-,18-,19-,20-,21-,22-,23-,24-,25-,26-,27-,28-,29-,30-,31-,32-,33-,34+,35+,36+,37+,38+,39+,40+,41+,42-,43-,44-,45+,46-,47+,48+,49+,50+,51+,52-,53-,54+/m1/s1. The van der Waals surface area contributed by atoms with E-state index in [0.29, 0.717) is 0 Å². The van der Waals surface area contributed by atoms with Crippen LogP contribution in [0.5, 0.6) is 0 Å². The first kappa shape index (κ1) is 80.6. The molecule has 0 unspecified atom stereocenters. The minimum atomic E-state index is -2.54. The van der Waals surface area contributed by atoms with E-state index < -0.39 is 316 Å². The second-order valence-corrected chi connectivity index (χ2v) is 24.7. The lowest BCUT2D eigenvalue weighted by molar-refractivity contribution is -0.400. The predicted octanol–water partition coefficient (Wildman–Crippen LogP) is -18.0. The zero-order valence-corrected chi connectivity index (χ0v) is 52.4. The maximum Gasteiger partial charge on any atom is 0.217 e. The van der Waals surface area contributed by atoms with E-state index in [4.69, 9.17) is 71.1 Å². The van der Waals surface area contributed by atoms with Crippen molar-refractivity contribution in [1.82, 2.24) is 16.0 Å². The van der Waals surface area contributed by atoms with Crippen molar-refractivity contribution < 1.29 is 203 Å². The monoisotopic (exact) mass is 1440 g/mol. The van der Waals surface area contributed by atoms with Crippen LogP contribution in [0.25, 0.3) is 0 Å². The van der Waals surface area contributed by atoms with Gasteiger partial charge in [0.05, 0.1) is 52.9 Å². The largest absolute Gasteiger partial charge is 0.394 e. The molecule has 44 nitrogen and oxygen atoms in total. The zero-order chi connectivity index (χ0) is 72.2. The van der Waals surface area contributed by atoms with Crippen molar-refractivity contribution in [2.24, 2.45) is 0 Å². The first-order valence-corrected chi connectivity index (χ1v) is 31.1. The molecule has 0 aromatic carbocycles. The average Bonchev–Trinajstić information content (AvgIpc) is 0.763. The van der Waals surface area contributed by atoms with Gasteiger partial charge in [-0.1, -0.05) is 0 Å². The van der Waals surface area contributed by atoms with E-state index >= 15 is 0 Å². The highest BCUT2D eigenvalue weighted by Crippen LogP contribution is 2.39. The van der Waals surface area contributed by atoms with Crippen LogP contribution in [-0.4, -0.2) is 433 Å². The zero-order valence-electron chi connectivity index (χ0n) is 52.4. The van der Waals surface area contributed by atoms with Crippen molar-refractivity contribution in [2.45, 2.75) is 266 Å². The van der Waals surface area contributed by atoms with E-state index in [9.17, 15) is 132 Å². The highest BCUT2D eigenvalue weighted by molar-refractivity contribution is 5.74. The SMILES string of the molecule is CC(=O)N[C@@H]1[C@@H](O)[C@H](O[C@@H]2O[C@H](CO)[C@@H](O[C@@H]3O[C@H](CO[C@H]4O[C@H](CO[C@H]5O[C@H](CO)[C@@H](O)[C@H](O)[C@@H]5O)[C@@H](O)[C@H](O[C@H]5O[C@H](CO)[C@@H](O)[C@H](O)[C@@H]5O)[C@@H]4O)[C@@H](O[C@@H]4O[C@H](CO)[C@@H](O)[C@H](O)[C@H]4NC(C)=O)[C@H](O[C@H]4O[C@H](CO)[C@@H](O)[C@H](O)[C@@H]4O)[C@@H]3O)[C@H](O)[C@H]2NC(C)=O)[C@@H](CO)O[C@@H]1O. The van der Waals surface area contributed by atoms with Crippen LogP contribution in [0.4, 0.5) is 0 Å². The Morgan fingerprint density at radius 2 is 0.561 bits per heavy atom. The summed E-state index contributed by atoms with van der Waals surface area (Å²) in [6.07, 6.45) is -76.7. The van der Waals surface area contributed by atoms with Gasteiger partial charge in [-0.15, -0.1) is 0 Å². The van der Waals surface area contributed by atoms with Crippen molar-refractivity contribution in [3.63, 3.8) is 0 Å². The van der Waals surface area contributed by atoms with Crippen LogP contribution in [0.1, 0.15) is 20.8 Å². The molecule has 0 saturated carbocycles. The number of rotatable bonds is 25. The van der Waals surface area contributed by atoms with Crippen molar-refractivity contribution in [3.8, 4) is 0 Å². The molecule has 98 heavy (non-hydrogen) atoms. The topological polar surface area (TPSA) is 691 Å². The van der Waals surface area contributed by atoms with Crippen molar-refractivity contribution >= 4 is 17.7 Å². The van der Waals surface area contributed by atoms with Crippen molar-refractivity contribution in [3.05, 3.63) is 0 Å². The summed E-state index contributed by atoms with van der Waals surface area (Å²) in [5.41, 5.74) is 0. The summed E-state index contributed by atoms with van der Waals surface area (Å²) < 4.78 is 88.6. The van der Waals surface area contributed by atoms with Gasteiger partial charge in [-0.25, -0.2) is 0 Å². The fourth-order valence-electron chi connectivity index (χ4n) is 12.5. The Balaban J connectivity index is 1.19. The van der Waals surface area contributed by atoms with Gasteiger partial charge in [0.15, 0.2) is 50.3 Å². The lowest BCUT2D eigenvalue weighted by Gasteiger charge is -2.52. The van der Waals surface area contributed by atoms with Gasteiger partial charge >= 0.3 is 0 Å². The Morgan fingerprint density at radius 1 is 0.265 bits per heavy atom. The fraction of sp³-hybridized carbons (Fsp3) is 0.944. The van der Waals surface area contributed by atoms with Gasteiger partial charge in [0, 0.05) is 20.8 Å². The smallest absolute Gasteiger partial charge is 0.217 e. The number of carbonyl (C=O) groups excluding carboxylic acids is 3. The number of hydrogen-bond acceptors (Lipinski definition) is 41. The average molecular weight is 1440 g/mol. The fourth-order valence-corrected chi connectivity index (χ4v) is 12.5. The minimum Gasteiger partial charge on any atom is -0.394 e. The third-order valence-corrected chi connectivity index (χ3v) is 17.8. The number of amides is 3. The molecule has 8 aliphatic heterocycles. The normalized spacial score (nSPS) is 49.5. The molecule has 8 aliphatic rings. The molecule has 26 N–H and O–H groups in total. The molecule has 8 heterocycles. The van der Waals surface area contributed by atoms with Crippen LogP contribution >= 0.6 is 0 Å². The van der Waals surface area contributed by atoms with Crippen LogP contribution in [-0.2, 0) is 85.4 Å². The second kappa shape index (κ2) is 35.1. The van der Waals surface area contributed by atoms with E-state index in [1.807, 2.05) is 0 Å². The van der Waals surface area contributed by atoms with E-state index in [1.165, 1.54) is 0 Å². The van der Waals surface area contributed by atoms with Gasteiger partial charge in [0.1, 0.15) is 195 Å². The third-order valence-electron chi connectivity index (χ3n) is 17.8. The van der Waals surface area contributed by atoms with E-state index in [2.05, 4.69) is 16.0 Å². The van der Waals surface area contributed by atoms with Gasteiger partial charge in [-0.2, -0.15) is 0 Å². The van der Waals surface area contributed by atoms with Crippen LogP contribution in [0, 0.1) is 0 Å². The first-order valence-electron chi connectivity index (χ1n) is 31.1. The van der Waals surface area contributed by atoms with E-state index in [1.54, 1.807) is 0 Å². The Hall–Kier alpha value is -3.11. The summed E-state index contributed by atoms with van der Waals surface area (Å²) in [6.45, 7) is -5.55. The molecule has 8 fully saturated rings. The molecule has 568 valence electrons. The van der Waals surface area contributed by atoms with Crippen LogP contribution in [0.2, 0.25) is 0 Å². The first-order chi connectivity index (χ1) is 46.3. The number of carbonyl (C=O) groups is 3. The molecule has 0 radical (unpaired) electrons. The highest BCUT2D eigenvalue weighted by Gasteiger charge is 2.60. The maximum absolute atomic E-state index is 12.9. The van der Waals surface area contributed by atoms with Crippen LogP contribution in [0.15, 0.2) is 0 Å². The lowest BCUT2D eigenvalue weighted by atomic mass is 9.93. The molecule has 0 aromatic heterocycles. The molecule has 8 saturated heterocycles. The molecule has 0 aliphatic carbocycles. The maximum atomic E-state index is 12.9. The summed E-state index contributed by atoms with van der Waals surface area (Å²) in [4.78, 5) is 37.8. The number of ether oxygens (including phenoxy) is 15. The molecule has 0 aromatic rings. The third kappa shape index (κ3) is 17.6. The number of aliphatic hydroxyl groups is 23. The Labute approximate surface area is 554 Å². The van der Waals surface area contributed by atoms with Gasteiger partial charge in [0.2, 0.25) is 17.7 Å². The molecule has 0 bridgehead atoms. The quantitative estimate of drug-likeness (QED) is 0.0404. The highest BCUT2D eigenvalue weighted by atomic mass is 16.8. The summed E-state index contributed by atoms with van der Waals surface area (Å²) in [5, 5.41) is 259. The summed E-state index contributed by atoms with van der Waals surface area (Å²) >= 11 is 0. The van der Waals surface area contributed by atoms with Crippen molar-refractivity contribution in [1.29, 1.82) is 0 Å². The van der Waals surface area contributed by atoms with Crippen molar-refractivity contribution in [2.75, 3.05) is 52.9 Å². The summed E-state index contributed by atoms with van der Waals surface area (Å²) in [6, 6.07) is -5.41. The van der Waals surface area contributed by atoms with Gasteiger partial charge < -0.3 is 204 Å².